The molecule has 0 saturated heterocycles. The Morgan fingerprint density at radius 1 is 1.25 bits per heavy atom. The molecule has 8 heteroatoms. The van der Waals surface area contributed by atoms with E-state index in [1.807, 2.05) is 13.8 Å². The van der Waals surface area contributed by atoms with Crippen molar-refractivity contribution < 1.29 is 13.2 Å². The van der Waals surface area contributed by atoms with Crippen LogP contribution in [0.3, 0.4) is 0 Å². The van der Waals surface area contributed by atoms with Crippen molar-refractivity contribution in [3.8, 4) is 0 Å². The standard InChI is InChI=1S/C16H20BrN3O3S/c1-10(2)14-13(17)15(20-19-14)16(21)18-8-11-4-6-12(7-5-11)9-24(3,22)23/h4-7,10H,8-9H2,1-3H3,(H,18,21)(H,19,20). The van der Waals surface area contributed by atoms with Crippen LogP contribution in [0.25, 0.3) is 0 Å². The van der Waals surface area contributed by atoms with Crippen molar-refractivity contribution in [2.75, 3.05) is 6.26 Å². The van der Waals surface area contributed by atoms with Gasteiger partial charge in [0, 0.05) is 12.8 Å². The fourth-order valence-electron chi connectivity index (χ4n) is 2.20. The van der Waals surface area contributed by atoms with Crippen LogP contribution >= 0.6 is 15.9 Å². The van der Waals surface area contributed by atoms with Gasteiger partial charge >= 0.3 is 0 Å². The lowest BCUT2D eigenvalue weighted by Crippen LogP contribution is -2.23. The van der Waals surface area contributed by atoms with Gasteiger partial charge in [0.05, 0.1) is 15.9 Å². The number of halogens is 1. The Morgan fingerprint density at radius 2 is 1.83 bits per heavy atom. The topological polar surface area (TPSA) is 91.9 Å². The highest BCUT2D eigenvalue weighted by Gasteiger charge is 2.18. The van der Waals surface area contributed by atoms with Crippen LogP contribution in [-0.2, 0) is 22.1 Å². The largest absolute Gasteiger partial charge is 0.347 e. The number of carbonyl (C=O) groups is 1. The fourth-order valence-corrected chi connectivity index (χ4v) is 3.81. The molecule has 24 heavy (non-hydrogen) atoms. The molecule has 1 heterocycles. The van der Waals surface area contributed by atoms with Gasteiger partial charge in [0.25, 0.3) is 5.91 Å². The van der Waals surface area contributed by atoms with Crippen molar-refractivity contribution in [3.05, 3.63) is 51.3 Å². The molecule has 0 spiro atoms. The van der Waals surface area contributed by atoms with Crippen LogP contribution in [0.1, 0.15) is 47.1 Å². The van der Waals surface area contributed by atoms with Crippen LogP contribution in [0.4, 0.5) is 0 Å². The maximum atomic E-state index is 12.2. The molecule has 1 aromatic heterocycles. The summed E-state index contributed by atoms with van der Waals surface area (Å²) in [7, 11) is -3.05. The number of carbonyl (C=O) groups excluding carboxylic acids is 1. The maximum Gasteiger partial charge on any atom is 0.273 e. The van der Waals surface area contributed by atoms with Gasteiger partial charge in [0.2, 0.25) is 0 Å². The molecular weight excluding hydrogens is 394 g/mol. The van der Waals surface area contributed by atoms with Crippen LogP contribution in [-0.4, -0.2) is 30.8 Å². The first-order valence-electron chi connectivity index (χ1n) is 7.45. The molecular formula is C16H20BrN3O3S. The van der Waals surface area contributed by atoms with Gasteiger partial charge < -0.3 is 5.32 Å². The number of nitrogens with one attached hydrogen (secondary N) is 2. The molecule has 0 fully saturated rings. The average Bonchev–Trinajstić information content (AvgIpc) is 2.86. The predicted molar refractivity (Wildman–Crippen MR) is 96.5 cm³/mol. The second-order valence-corrected chi connectivity index (χ2v) is 8.96. The highest BCUT2D eigenvalue weighted by atomic mass is 79.9. The second kappa shape index (κ2) is 7.48. The number of sulfone groups is 1. The lowest BCUT2D eigenvalue weighted by atomic mass is 10.1. The Bertz CT molecular complexity index is 827. The highest BCUT2D eigenvalue weighted by molar-refractivity contribution is 9.10. The van der Waals surface area contributed by atoms with E-state index in [0.717, 1.165) is 16.8 Å². The Balaban J connectivity index is 1.99. The zero-order chi connectivity index (χ0) is 17.9. The third kappa shape index (κ3) is 4.91. The lowest BCUT2D eigenvalue weighted by molar-refractivity contribution is 0.0945. The van der Waals surface area contributed by atoms with E-state index in [9.17, 15) is 13.2 Å². The number of hydrogen-bond acceptors (Lipinski definition) is 4. The summed E-state index contributed by atoms with van der Waals surface area (Å²) in [6.07, 6.45) is 1.20. The zero-order valence-corrected chi connectivity index (χ0v) is 16.2. The number of rotatable bonds is 6. The molecule has 0 aliphatic rings. The molecule has 0 bridgehead atoms. The summed E-state index contributed by atoms with van der Waals surface area (Å²) in [5.74, 6) is -0.0290. The van der Waals surface area contributed by atoms with E-state index in [1.54, 1.807) is 24.3 Å². The van der Waals surface area contributed by atoms with Gasteiger partial charge in [-0.1, -0.05) is 38.1 Å². The lowest BCUT2D eigenvalue weighted by Gasteiger charge is -2.06. The smallest absolute Gasteiger partial charge is 0.273 e. The first-order chi connectivity index (χ1) is 11.2. The van der Waals surface area contributed by atoms with Crippen molar-refractivity contribution in [1.82, 2.24) is 15.5 Å². The Hall–Kier alpha value is -1.67. The Labute approximate surface area is 150 Å². The first kappa shape index (κ1) is 18.7. The van der Waals surface area contributed by atoms with Gasteiger partial charge in [0.15, 0.2) is 15.5 Å². The molecule has 0 aliphatic carbocycles. The van der Waals surface area contributed by atoms with E-state index in [2.05, 4.69) is 31.4 Å². The van der Waals surface area contributed by atoms with Crippen LogP contribution in [0.2, 0.25) is 0 Å². The minimum Gasteiger partial charge on any atom is -0.347 e. The van der Waals surface area contributed by atoms with E-state index in [1.165, 1.54) is 6.26 Å². The van der Waals surface area contributed by atoms with Gasteiger partial charge in [-0.2, -0.15) is 5.10 Å². The van der Waals surface area contributed by atoms with Crippen LogP contribution in [0, 0.1) is 0 Å². The minimum atomic E-state index is -3.05. The van der Waals surface area contributed by atoms with Crippen molar-refractivity contribution in [3.63, 3.8) is 0 Å². The predicted octanol–water partition coefficient (Wildman–Crippen LogP) is 2.77. The summed E-state index contributed by atoms with van der Waals surface area (Å²) in [6.45, 7) is 4.37. The van der Waals surface area contributed by atoms with Gasteiger partial charge in [-0.05, 0) is 33.0 Å². The van der Waals surface area contributed by atoms with Crippen LogP contribution < -0.4 is 5.32 Å². The number of nitrogens with zero attached hydrogens (tertiary/aromatic N) is 1. The number of H-pyrrole nitrogens is 1. The second-order valence-electron chi connectivity index (χ2n) is 6.02. The van der Waals surface area contributed by atoms with Gasteiger partial charge in [-0.25, -0.2) is 8.42 Å². The third-order valence-corrected chi connectivity index (χ3v) is 5.09. The maximum absolute atomic E-state index is 12.2. The van der Waals surface area contributed by atoms with Crippen molar-refractivity contribution in [2.24, 2.45) is 0 Å². The fraction of sp³-hybridized carbons (Fsp3) is 0.375. The van der Waals surface area contributed by atoms with E-state index in [-0.39, 0.29) is 17.6 Å². The number of amides is 1. The van der Waals surface area contributed by atoms with E-state index in [0.29, 0.717) is 16.7 Å². The first-order valence-corrected chi connectivity index (χ1v) is 10.3. The van der Waals surface area contributed by atoms with Crippen LogP contribution in [0.5, 0.6) is 0 Å². The summed E-state index contributed by atoms with van der Waals surface area (Å²) >= 11 is 3.40. The highest BCUT2D eigenvalue weighted by Crippen LogP contribution is 2.25. The number of hydrogen-bond donors (Lipinski definition) is 2. The number of benzene rings is 1. The number of aromatic nitrogens is 2. The molecule has 0 unspecified atom stereocenters. The van der Waals surface area contributed by atoms with Crippen molar-refractivity contribution >= 4 is 31.7 Å². The number of aromatic amines is 1. The Morgan fingerprint density at radius 3 is 2.33 bits per heavy atom. The summed E-state index contributed by atoms with van der Waals surface area (Å²) in [5.41, 5.74) is 2.82. The Kier molecular flexibility index (Phi) is 5.82. The molecule has 1 amide bonds. The molecule has 1 aromatic carbocycles. The normalized spacial score (nSPS) is 11.7. The van der Waals surface area contributed by atoms with Gasteiger partial charge in [-0.3, -0.25) is 9.89 Å². The molecule has 0 aliphatic heterocycles. The summed E-state index contributed by atoms with van der Waals surface area (Å²) < 4.78 is 23.2. The van der Waals surface area contributed by atoms with Crippen molar-refractivity contribution in [1.29, 1.82) is 0 Å². The average molecular weight is 414 g/mol. The molecule has 0 radical (unpaired) electrons. The summed E-state index contributed by atoms with van der Waals surface area (Å²) in [6, 6.07) is 7.12. The third-order valence-electron chi connectivity index (χ3n) is 3.43. The quantitative estimate of drug-likeness (QED) is 0.761. The monoisotopic (exact) mass is 413 g/mol. The zero-order valence-electron chi connectivity index (χ0n) is 13.8. The molecule has 2 rings (SSSR count). The molecule has 2 N–H and O–H groups in total. The molecule has 2 aromatic rings. The summed E-state index contributed by atoms with van der Waals surface area (Å²) in [5, 5.41) is 9.73. The molecule has 0 saturated carbocycles. The van der Waals surface area contributed by atoms with Crippen molar-refractivity contribution in [2.45, 2.75) is 32.1 Å². The molecule has 6 nitrogen and oxygen atoms in total. The van der Waals surface area contributed by atoms with Crippen LogP contribution in [0.15, 0.2) is 28.7 Å². The van der Waals surface area contributed by atoms with E-state index >= 15 is 0 Å². The van der Waals surface area contributed by atoms with Gasteiger partial charge in [0.1, 0.15) is 0 Å². The minimum absolute atomic E-state index is 0.0117. The molecule has 0 atom stereocenters. The summed E-state index contributed by atoms with van der Waals surface area (Å²) in [4.78, 5) is 12.2. The van der Waals surface area contributed by atoms with E-state index in [4.69, 9.17) is 0 Å². The van der Waals surface area contributed by atoms with Gasteiger partial charge in [-0.15, -0.1) is 0 Å². The SMILES string of the molecule is CC(C)c1[nH]nc(C(=O)NCc2ccc(CS(C)(=O)=O)cc2)c1Br. The molecule has 130 valence electrons. The van der Waals surface area contributed by atoms with E-state index < -0.39 is 9.84 Å².